The van der Waals surface area contributed by atoms with Crippen molar-refractivity contribution >= 4 is 49.2 Å². The molecule has 32 heavy (non-hydrogen) atoms. The first-order valence-electron chi connectivity index (χ1n) is 9.26. The Morgan fingerprint density at radius 2 is 1.50 bits per heavy atom. The van der Waals surface area contributed by atoms with Gasteiger partial charge in [0.05, 0.1) is 16.9 Å². The standard InChI is InChI=1S/C17H20N4S.2H3O4P/c1-12-11-13-16(21-9-7-20(2)8-10-21)18-14-5-3-4-6-15(14)19-17(13)22-12;2*1-5(2,3)4/h3-6,11,19H,7-10H2,1-2H3;2*(H3,1,2,3,4). The number of para-hydroxylation sites is 2. The third kappa shape index (κ3) is 9.47. The van der Waals surface area contributed by atoms with Gasteiger partial charge >= 0.3 is 15.6 Å². The molecule has 1 aromatic carbocycles. The molecule has 0 radical (unpaired) electrons. The van der Waals surface area contributed by atoms with Gasteiger partial charge < -0.3 is 44.5 Å². The zero-order chi connectivity index (χ0) is 24.1. The summed E-state index contributed by atoms with van der Waals surface area (Å²) in [6.07, 6.45) is 0. The van der Waals surface area contributed by atoms with E-state index in [1.165, 1.54) is 15.4 Å². The van der Waals surface area contributed by atoms with Gasteiger partial charge in [-0.1, -0.05) is 12.1 Å². The number of likely N-dealkylation sites (N-methyl/N-ethyl adjacent to an activating group) is 1. The molecule has 0 atom stereocenters. The molecule has 0 bridgehead atoms. The van der Waals surface area contributed by atoms with Crippen LogP contribution in [0.25, 0.3) is 0 Å². The number of nitrogens with one attached hydrogen (secondary N) is 1. The topological polar surface area (TPSA) is 186 Å². The van der Waals surface area contributed by atoms with Crippen LogP contribution < -0.4 is 5.32 Å². The summed E-state index contributed by atoms with van der Waals surface area (Å²) in [5.74, 6) is 1.12. The van der Waals surface area contributed by atoms with Crippen molar-refractivity contribution in [3.63, 3.8) is 0 Å². The summed E-state index contributed by atoms with van der Waals surface area (Å²) in [5.41, 5.74) is 3.36. The van der Waals surface area contributed by atoms with Crippen molar-refractivity contribution in [1.29, 1.82) is 0 Å². The molecule has 1 fully saturated rings. The molecule has 3 heterocycles. The van der Waals surface area contributed by atoms with Crippen molar-refractivity contribution in [2.24, 2.45) is 4.99 Å². The van der Waals surface area contributed by atoms with Gasteiger partial charge in [-0.3, -0.25) is 0 Å². The molecule has 2 aromatic rings. The van der Waals surface area contributed by atoms with E-state index in [9.17, 15) is 0 Å². The second kappa shape index (κ2) is 11.0. The Hall–Kier alpha value is -1.63. The van der Waals surface area contributed by atoms with Crippen LogP contribution in [0.2, 0.25) is 0 Å². The smallest absolute Gasteiger partial charge is 0.353 e. The van der Waals surface area contributed by atoms with Crippen LogP contribution in [0.5, 0.6) is 0 Å². The van der Waals surface area contributed by atoms with Gasteiger partial charge in [-0.25, -0.2) is 14.1 Å². The fourth-order valence-electron chi connectivity index (χ4n) is 3.01. The van der Waals surface area contributed by atoms with Gasteiger partial charge in [0, 0.05) is 31.1 Å². The van der Waals surface area contributed by atoms with Crippen molar-refractivity contribution < 1.29 is 38.5 Å². The SMILES string of the molecule is Cc1cc2c(s1)Nc1ccccc1N=C2N1CCN(C)CC1.O=P(O)(O)O.O=P(O)(O)O. The van der Waals surface area contributed by atoms with Gasteiger partial charge in [0.15, 0.2) is 0 Å². The van der Waals surface area contributed by atoms with Crippen LogP contribution in [0.15, 0.2) is 35.3 Å². The summed E-state index contributed by atoms with van der Waals surface area (Å²) >= 11 is 1.81. The summed E-state index contributed by atoms with van der Waals surface area (Å²) in [4.78, 5) is 54.3. The molecule has 1 saturated heterocycles. The highest BCUT2D eigenvalue weighted by Gasteiger charge is 2.25. The lowest BCUT2D eigenvalue weighted by atomic mass is 10.2. The number of rotatable bonds is 0. The molecule has 15 heteroatoms. The molecule has 0 saturated carbocycles. The number of hydrogen-bond donors (Lipinski definition) is 7. The fraction of sp³-hybridized carbons (Fsp3) is 0.353. The predicted octanol–water partition coefficient (Wildman–Crippen LogP) is 1.58. The van der Waals surface area contributed by atoms with Gasteiger partial charge in [0.2, 0.25) is 0 Å². The molecule has 4 rings (SSSR count). The Morgan fingerprint density at radius 3 is 2.06 bits per heavy atom. The second-order valence-electron chi connectivity index (χ2n) is 6.99. The van der Waals surface area contributed by atoms with Gasteiger partial charge in [0.1, 0.15) is 10.8 Å². The number of anilines is 2. The van der Waals surface area contributed by atoms with Crippen LogP contribution in [0.3, 0.4) is 0 Å². The Labute approximate surface area is 189 Å². The zero-order valence-corrected chi connectivity index (χ0v) is 20.0. The van der Waals surface area contributed by atoms with Crippen molar-refractivity contribution in [3.05, 3.63) is 40.8 Å². The largest absolute Gasteiger partial charge is 0.466 e. The number of thiophene rings is 1. The van der Waals surface area contributed by atoms with Crippen molar-refractivity contribution in [1.82, 2.24) is 9.80 Å². The molecule has 12 nitrogen and oxygen atoms in total. The predicted molar refractivity (Wildman–Crippen MR) is 123 cm³/mol. The monoisotopic (exact) mass is 508 g/mol. The van der Waals surface area contributed by atoms with Crippen LogP contribution in [-0.2, 0) is 9.13 Å². The first-order chi connectivity index (χ1) is 14.7. The van der Waals surface area contributed by atoms with E-state index in [0.29, 0.717) is 0 Å². The Balaban J connectivity index is 0.000000308. The lowest BCUT2D eigenvalue weighted by Crippen LogP contribution is -2.47. The van der Waals surface area contributed by atoms with Crippen molar-refractivity contribution in [3.8, 4) is 0 Å². The summed E-state index contributed by atoms with van der Waals surface area (Å²) in [6, 6.07) is 10.6. The number of benzene rings is 1. The van der Waals surface area contributed by atoms with E-state index in [1.54, 1.807) is 11.3 Å². The van der Waals surface area contributed by atoms with E-state index in [0.717, 1.165) is 43.4 Å². The molecule has 2 aliphatic rings. The molecule has 1 aromatic heterocycles. The third-order valence-corrected chi connectivity index (χ3v) is 5.24. The number of hydrogen-bond acceptors (Lipinski definition) is 7. The minimum atomic E-state index is -4.64. The van der Waals surface area contributed by atoms with Gasteiger partial charge in [0.25, 0.3) is 0 Å². The van der Waals surface area contributed by atoms with E-state index in [-0.39, 0.29) is 0 Å². The Kier molecular flexibility index (Phi) is 9.15. The molecule has 0 spiro atoms. The molecule has 0 aliphatic carbocycles. The van der Waals surface area contributed by atoms with Crippen molar-refractivity contribution in [2.75, 3.05) is 38.5 Å². The highest BCUT2D eigenvalue weighted by atomic mass is 32.1. The van der Waals surface area contributed by atoms with Crippen LogP contribution >= 0.6 is 27.0 Å². The maximum absolute atomic E-state index is 8.88. The number of aliphatic imine (C=N–C) groups is 1. The average Bonchev–Trinajstić information content (AvgIpc) is 2.92. The third-order valence-electron chi connectivity index (χ3n) is 4.28. The highest BCUT2D eigenvalue weighted by Crippen LogP contribution is 2.39. The quantitative estimate of drug-likeness (QED) is 0.256. The normalized spacial score (nSPS) is 16.1. The summed E-state index contributed by atoms with van der Waals surface area (Å²) in [6.45, 7) is 6.41. The number of aryl methyl sites for hydroxylation is 1. The highest BCUT2D eigenvalue weighted by molar-refractivity contribution is 7.45. The summed E-state index contributed by atoms with van der Waals surface area (Å²) in [5, 5.41) is 4.78. The maximum Gasteiger partial charge on any atom is 0.466 e. The van der Waals surface area contributed by atoms with Crippen molar-refractivity contribution in [2.45, 2.75) is 6.92 Å². The van der Waals surface area contributed by atoms with E-state index in [1.807, 2.05) is 0 Å². The van der Waals surface area contributed by atoms with Gasteiger partial charge in [-0.05, 0) is 32.2 Å². The first kappa shape index (κ1) is 26.6. The minimum absolute atomic E-state index is 1.03. The first-order valence-corrected chi connectivity index (χ1v) is 13.2. The molecule has 178 valence electrons. The Bertz CT molecular complexity index is 1010. The molecule has 0 amide bonds. The maximum atomic E-state index is 8.88. The van der Waals surface area contributed by atoms with Gasteiger partial charge in [-0.2, -0.15) is 0 Å². The zero-order valence-electron chi connectivity index (χ0n) is 17.4. The fourth-order valence-corrected chi connectivity index (χ4v) is 3.93. The van der Waals surface area contributed by atoms with E-state index in [4.69, 9.17) is 43.5 Å². The van der Waals surface area contributed by atoms with E-state index < -0.39 is 15.6 Å². The lowest BCUT2D eigenvalue weighted by Gasteiger charge is -2.34. The Morgan fingerprint density at radius 1 is 0.969 bits per heavy atom. The molecule has 0 unspecified atom stereocenters. The van der Waals surface area contributed by atoms with Gasteiger partial charge in [-0.15, -0.1) is 11.3 Å². The molecular weight excluding hydrogens is 482 g/mol. The number of amidine groups is 1. The number of piperazine rings is 1. The molecule has 2 aliphatic heterocycles. The summed E-state index contributed by atoms with van der Waals surface area (Å²) in [7, 11) is -7.09. The summed E-state index contributed by atoms with van der Waals surface area (Å²) < 4.78 is 17.8. The number of phosphoric acid groups is 2. The molecular formula is C17H26N4O8P2S. The number of nitrogens with zero attached hydrogens (tertiary/aromatic N) is 3. The lowest BCUT2D eigenvalue weighted by molar-refractivity contribution is 0.216. The van der Waals surface area contributed by atoms with E-state index in [2.05, 4.69) is 59.4 Å². The van der Waals surface area contributed by atoms with Crippen LogP contribution in [-0.4, -0.2) is 78.2 Å². The average molecular weight is 508 g/mol. The molecule has 7 N–H and O–H groups in total. The van der Waals surface area contributed by atoms with Crippen LogP contribution in [0.4, 0.5) is 16.4 Å². The van der Waals surface area contributed by atoms with E-state index >= 15 is 0 Å². The van der Waals surface area contributed by atoms with Crippen LogP contribution in [0, 0.1) is 6.92 Å². The van der Waals surface area contributed by atoms with Crippen LogP contribution in [0.1, 0.15) is 10.4 Å². The second-order valence-corrected chi connectivity index (χ2v) is 10.3. The number of fused-ring (bicyclic) bond motifs is 2. The minimum Gasteiger partial charge on any atom is -0.353 e.